The molecule has 0 aliphatic heterocycles. The van der Waals surface area contributed by atoms with E-state index in [-0.39, 0.29) is 24.5 Å². The van der Waals surface area contributed by atoms with E-state index in [4.69, 9.17) is 9.47 Å². The van der Waals surface area contributed by atoms with E-state index in [0.717, 1.165) is 10.1 Å². The van der Waals surface area contributed by atoms with E-state index in [2.05, 4.69) is 25.7 Å². The van der Waals surface area contributed by atoms with Gasteiger partial charge in [-0.25, -0.2) is 13.6 Å². The number of nitrogens with zero attached hydrogens (tertiary/aromatic N) is 6. The molecule has 6 rings (SSSR count). The molecule has 0 saturated carbocycles. The lowest BCUT2D eigenvalue weighted by molar-refractivity contribution is -0.119. The molecule has 39 heavy (non-hydrogen) atoms. The average Bonchev–Trinajstić information content (AvgIpc) is 3.32. The van der Waals surface area contributed by atoms with Crippen molar-refractivity contribution in [2.75, 3.05) is 19.1 Å². The van der Waals surface area contributed by atoms with E-state index in [1.165, 1.54) is 30.0 Å². The number of methoxy groups -OCH3 is 1. The van der Waals surface area contributed by atoms with Crippen molar-refractivity contribution in [3.05, 3.63) is 94.9 Å². The third-order valence-corrected chi connectivity index (χ3v) is 6.07. The molecule has 0 bridgehead atoms. The Morgan fingerprint density at radius 2 is 1.85 bits per heavy atom. The number of fused-ring (bicyclic) bond motifs is 4. The molecule has 6 aromatic rings. The Kier molecular flexibility index (Phi) is 6.13. The van der Waals surface area contributed by atoms with Crippen molar-refractivity contribution >= 4 is 33.5 Å². The van der Waals surface area contributed by atoms with Crippen LogP contribution < -0.4 is 15.7 Å². The smallest absolute Gasteiger partial charge is 0.299 e. The lowest BCUT2D eigenvalue weighted by Crippen LogP contribution is -2.35. The molecule has 0 spiro atoms. The standard InChI is InChI=1S/C27H20FN7O4/c1-38-14-19-23(16-7-9-18(28)10-8-16)26-31-30-25-20(35(26)32-19)11-13-34(27(25)37)33-22(36)15-39-21-6-2-4-17-5-3-12-29-24(17)21/h2-13H,14-15H2,1H3,(H,33,36). The number of rotatable bonds is 7. The molecule has 12 heteroatoms. The van der Waals surface area contributed by atoms with Crippen LogP contribution in [-0.4, -0.2) is 49.1 Å². The van der Waals surface area contributed by atoms with Crippen molar-refractivity contribution < 1.29 is 18.7 Å². The van der Waals surface area contributed by atoms with Crippen LogP contribution in [0.4, 0.5) is 4.39 Å². The molecule has 2 aromatic carbocycles. The number of benzene rings is 2. The summed E-state index contributed by atoms with van der Waals surface area (Å²) < 4.78 is 27.0. The fourth-order valence-electron chi connectivity index (χ4n) is 4.33. The van der Waals surface area contributed by atoms with Crippen LogP contribution >= 0.6 is 0 Å². The van der Waals surface area contributed by atoms with E-state index >= 15 is 0 Å². The number of hydrogen-bond acceptors (Lipinski definition) is 8. The van der Waals surface area contributed by atoms with Crippen LogP contribution in [0.15, 0.2) is 77.9 Å². The summed E-state index contributed by atoms with van der Waals surface area (Å²) in [6.45, 7) is -0.178. The zero-order valence-corrected chi connectivity index (χ0v) is 20.5. The van der Waals surface area contributed by atoms with Gasteiger partial charge in [0.15, 0.2) is 17.8 Å². The third kappa shape index (κ3) is 4.42. The van der Waals surface area contributed by atoms with Crippen molar-refractivity contribution in [2.24, 2.45) is 0 Å². The molecular formula is C27H20FN7O4. The maximum absolute atomic E-state index is 13.5. The van der Waals surface area contributed by atoms with Gasteiger partial charge in [0, 0.05) is 24.9 Å². The third-order valence-electron chi connectivity index (χ3n) is 6.07. The second kappa shape index (κ2) is 9.91. The Morgan fingerprint density at radius 1 is 1.03 bits per heavy atom. The number of hydrogen-bond donors (Lipinski definition) is 1. The number of carbonyl (C=O) groups is 1. The first-order valence-corrected chi connectivity index (χ1v) is 11.8. The first-order chi connectivity index (χ1) is 19.0. The quantitative estimate of drug-likeness (QED) is 0.337. The molecule has 4 aromatic heterocycles. The molecule has 0 atom stereocenters. The van der Waals surface area contributed by atoms with Crippen LogP contribution in [0.25, 0.3) is 38.7 Å². The molecule has 0 aliphatic carbocycles. The minimum atomic E-state index is -0.603. The van der Waals surface area contributed by atoms with Crippen LogP contribution in [-0.2, 0) is 16.1 Å². The lowest BCUT2D eigenvalue weighted by Gasteiger charge is -2.11. The maximum atomic E-state index is 13.5. The Balaban J connectivity index is 1.30. The number of amides is 1. The molecule has 1 amide bonds. The van der Waals surface area contributed by atoms with Crippen LogP contribution in [0.5, 0.6) is 5.75 Å². The number of halogens is 1. The normalized spacial score (nSPS) is 11.3. The van der Waals surface area contributed by atoms with Crippen molar-refractivity contribution in [1.82, 2.24) is 29.5 Å². The maximum Gasteiger partial charge on any atom is 0.299 e. The zero-order valence-electron chi connectivity index (χ0n) is 20.5. The van der Waals surface area contributed by atoms with Gasteiger partial charge in [-0.05, 0) is 35.9 Å². The minimum Gasteiger partial charge on any atom is -0.481 e. The second-order valence-corrected chi connectivity index (χ2v) is 8.58. The number of ether oxygens (including phenoxy) is 2. The van der Waals surface area contributed by atoms with Gasteiger partial charge in [-0.2, -0.15) is 5.10 Å². The highest BCUT2D eigenvalue weighted by Crippen LogP contribution is 2.29. The minimum absolute atomic E-state index is 0.0124. The second-order valence-electron chi connectivity index (χ2n) is 8.58. The van der Waals surface area contributed by atoms with Gasteiger partial charge in [0.25, 0.3) is 11.5 Å². The van der Waals surface area contributed by atoms with E-state index < -0.39 is 11.5 Å². The molecule has 1 N–H and O–H groups in total. The zero-order chi connectivity index (χ0) is 26.9. The summed E-state index contributed by atoms with van der Waals surface area (Å²) in [6, 6.07) is 16.6. The monoisotopic (exact) mass is 525 g/mol. The molecular weight excluding hydrogens is 505 g/mol. The van der Waals surface area contributed by atoms with Gasteiger partial charge < -0.3 is 9.47 Å². The highest BCUT2D eigenvalue weighted by Gasteiger charge is 2.20. The predicted molar refractivity (Wildman–Crippen MR) is 140 cm³/mol. The lowest BCUT2D eigenvalue weighted by atomic mass is 10.1. The van der Waals surface area contributed by atoms with Crippen molar-refractivity contribution in [1.29, 1.82) is 0 Å². The summed E-state index contributed by atoms with van der Waals surface area (Å²) in [5, 5.41) is 13.8. The molecule has 4 heterocycles. The van der Waals surface area contributed by atoms with E-state index in [1.54, 1.807) is 36.5 Å². The van der Waals surface area contributed by atoms with Crippen LogP contribution in [0.3, 0.4) is 0 Å². The van der Waals surface area contributed by atoms with Gasteiger partial charge in [-0.15, -0.1) is 10.2 Å². The molecule has 11 nitrogen and oxygen atoms in total. The van der Waals surface area contributed by atoms with E-state index in [0.29, 0.717) is 39.3 Å². The van der Waals surface area contributed by atoms with Gasteiger partial charge >= 0.3 is 0 Å². The van der Waals surface area contributed by atoms with Crippen LogP contribution in [0, 0.1) is 5.82 Å². The number of aromatic nitrogens is 6. The largest absolute Gasteiger partial charge is 0.481 e. The van der Waals surface area contributed by atoms with E-state index in [1.807, 2.05) is 18.2 Å². The predicted octanol–water partition coefficient (Wildman–Crippen LogP) is 3.09. The Labute approximate surface area is 219 Å². The Bertz CT molecular complexity index is 1910. The summed E-state index contributed by atoms with van der Waals surface area (Å²) in [6.07, 6.45) is 3.04. The highest BCUT2D eigenvalue weighted by atomic mass is 19.1. The topological polar surface area (TPSA) is 126 Å². The average molecular weight is 526 g/mol. The first-order valence-electron chi connectivity index (χ1n) is 11.8. The molecule has 0 radical (unpaired) electrons. The number of pyridine rings is 2. The Hall–Kier alpha value is -5.23. The SMILES string of the molecule is COCc1nn2c(nnc3c(=O)n(NC(=O)COc4cccc5cccnc45)ccc32)c1-c1ccc(F)cc1. The van der Waals surface area contributed by atoms with Gasteiger partial charge in [0.1, 0.15) is 22.6 Å². The molecule has 0 saturated heterocycles. The van der Waals surface area contributed by atoms with Crippen LogP contribution in [0.1, 0.15) is 5.69 Å². The fourth-order valence-corrected chi connectivity index (χ4v) is 4.33. The van der Waals surface area contributed by atoms with E-state index in [9.17, 15) is 14.0 Å². The summed E-state index contributed by atoms with van der Waals surface area (Å²) >= 11 is 0. The molecule has 0 fully saturated rings. The number of nitrogens with one attached hydrogen (secondary N) is 1. The van der Waals surface area contributed by atoms with Gasteiger partial charge in [-0.3, -0.25) is 20.0 Å². The van der Waals surface area contributed by atoms with Crippen molar-refractivity contribution in [3.63, 3.8) is 0 Å². The summed E-state index contributed by atoms with van der Waals surface area (Å²) in [5.41, 5.74) is 5.10. The van der Waals surface area contributed by atoms with Gasteiger partial charge in [0.2, 0.25) is 0 Å². The molecule has 194 valence electrons. The summed E-state index contributed by atoms with van der Waals surface area (Å²) in [4.78, 5) is 30.1. The van der Waals surface area contributed by atoms with Gasteiger partial charge in [0.05, 0.1) is 17.9 Å². The number of para-hydroxylation sites is 1. The Morgan fingerprint density at radius 3 is 2.67 bits per heavy atom. The fraction of sp³-hybridized carbons (Fsp3) is 0.111. The van der Waals surface area contributed by atoms with Crippen LogP contribution in [0.2, 0.25) is 0 Å². The van der Waals surface area contributed by atoms with Crippen molar-refractivity contribution in [3.8, 4) is 16.9 Å². The van der Waals surface area contributed by atoms with Gasteiger partial charge in [-0.1, -0.05) is 30.3 Å². The molecule has 0 unspecified atom stereocenters. The number of carbonyl (C=O) groups excluding carboxylic acids is 1. The highest BCUT2D eigenvalue weighted by molar-refractivity contribution is 5.88. The first kappa shape index (κ1) is 24.1. The summed E-state index contributed by atoms with van der Waals surface area (Å²) in [7, 11) is 1.53. The molecule has 0 aliphatic rings. The van der Waals surface area contributed by atoms with Crippen molar-refractivity contribution in [2.45, 2.75) is 6.61 Å². The summed E-state index contributed by atoms with van der Waals surface area (Å²) in [5.74, 6) is -0.481.